The van der Waals surface area contributed by atoms with E-state index >= 15 is 0 Å². The van der Waals surface area contributed by atoms with E-state index in [9.17, 15) is 14.0 Å². The van der Waals surface area contributed by atoms with Crippen LogP contribution < -0.4 is 15.4 Å². The first-order chi connectivity index (χ1) is 16.0. The van der Waals surface area contributed by atoms with Crippen molar-refractivity contribution in [1.82, 2.24) is 20.6 Å². The minimum Gasteiger partial charge on any atom is -0.494 e. The number of imidazole rings is 1. The molecule has 2 heterocycles. The first kappa shape index (κ1) is 22.4. The Kier molecular flexibility index (Phi) is 6.67. The van der Waals surface area contributed by atoms with Crippen molar-refractivity contribution in [2.45, 2.75) is 38.3 Å². The third-order valence-electron chi connectivity index (χ3n) is 5.79. The van der Waals surface area contributed by atoms with Crippen LogP contribution in [0.3, 0.4) is 0 Å². The monoisotopic (exact) mass is 451 g/mol. The molecule has 33 heavy (non-hydrogen) atoms. The Morgan fingerprint density at radius 1 is 1.27 bits per heavy atom. The number of hydrogen-bond acceptors (Lipinski definition) is 5. The second kappa shape index (κ2) is 9.81. The number of unbranched alkanes of at least 4 members (excludes halogenated alkanes) is 1. The molecule has 0 unspecified atom stereocenters. The van der Waals surface area contributed by atoms with E-state index < -0.39 is 12.7 Å². The van der Waals surface area contributed by atoms with Crippen LogP contribution in [0.2, 0.25) is 0 Å². The summed E-state index contributed by atoms with van der Waals surface area (Å²) in [5, 5.41) is 13.3. The van der Waals surface area contributed by atoms with E-state index in [4.69, 9.17) is 10.1 Å². The molecule has 172 valence electrons. The minimum absolute atomic E-state index is 0.0647. The second-order valence-corrected chi connectivity index (χ2v) is 8.01. The van der Waals surface area contributed by atoms with Crippen LogP contribution >= 0.6 is 0 Å². The highest BCUT2D eigenvalue weighted by molar-refractivity contribution is 6.09. The van der Waals surface area contributed by atoms with Gasteiger partial charge in [-0.15, -0.1) is 0 Å². The molecule has 1 atom stereocenters. The van der Waals surface area contributed by atoms with Crippen LogP contribution in [0.1, 0.15) is 63.8 Å². The van der Waals surface area contributed by atoms with Gasteiger partial charge in [-0.05, 0) is 43.0 Å². The summed E-state index contributed by atoms with van der Waals surface area (Å²) in [6, 6.07) is 10.3. The summed E-state index contributed by atoms with van der Waals surface area (Å²) in [6.07, 6.45) is 2.20. The van der Waals surface area contributed by atoms with E-state index in [1.54, 1.807) is 19.2 Å². The van der Waals surface area contributed by atoms with Gasteiger partial charge in [0.1, 0.15) is 23.8 Å². The van der Waals surface area contributed by atoms with E-state index in [-0.39, 0.29) is 17.5 Å². The number of hydrogen-bond donors (Lipinski definition) is 4. The topological polar surface area (TPSA) is 120 Å². The normalized spacial score (nSPS) is 13.5. The molecule has 0 bridgehead atoms. The number of para-hydroxylation sites is 1. The Balaban J connectivity index is 1.59. The molecule has 4 rings (SSSR count). The number of H-pyrrole nitrogens is 1. The Hall–Kier alpha value is -3.75. The molecule has 0 saturated heterocycles. The van der Waals surface area contributed by atoms with Crippen molar-refractivity contribution in [3.8, 4) is 5.75 Å². The van der Waals surface area contributed by atoms with Gasteiger partial charge >= 0.3 is 0 Å². The molecular weight excluding hydrogens is 425 g/mol. The maximum Gasteiger partial charge on any atom is 0.252 e. The molecule has 2 amide bonds. The number of fused-ring (bicyclic) bond motifs is 2. The molecular formula is C24H26FN5O3. The molecule has 3 aromatic rings. The number of carbonyl (C=O) groups is 2. The summed E-state index contributed by atoms with van der Waals surface area (Å²) >= 11 is 0. The Bertz CT molecular complexity index is 1210. The zero-order chi connectivity index (χ0) is 23.4. The van der Waals surface area contributed by atoms with Gasteiger partial charge in [0.2, 0.25) is 0 Å². The summed E-state index contributed by atoms with van der Waals surface area (Å²) in [5.41, 5.74) is 3.02. The fourth-order valence-electron chi connectivity index (χ4n) is 4.09. The van der Waals surface area contributed by atoms with Crippen molar-refractivity contribution in [2.75, 3.05) is 13.8 Å². The number of rotatable bonds is 10. The van der Waals surface area contributed by atoms with Gasteiger partial charge in [0, 0.05) is 12.3 Å². The number of halogens is 1. The Labute approximate surface area is 190 Å². The van der Waals surface area contributed by atoms with Crippen molar-refractivity contribution in [3.05, 3.63) is 58.9 Å². The molecule has 1 aromatic heterocycles. The van der Waals surface area contributed by atoms with Gasteiger partial charge in [-0.25, -0.2) is 9.37 Å². The molecule has 0 fully saturated rings. The average Bonchev–Trinajstić information content (AvgIpc) is 3.44. The van der Waals surface area contributed by atoms with Gasteiger partial charge in [-0.2, -0.15) is 0 Å². The highest BCUT2D eigenvalue weighted by Gasteiger charge is 2.27. The van der Waals surface area contributed by atoms with Crippen LogP contribution in [-0.2, 0) is 6.54 Å². The lowest BCUT2D eigenvalue weighted by atomic mass is 10.0. The van der Waals surface area contributed by atoms with Crippen LogP contribution in [0.4, 0.5) is 4.39 Å². The fourth-order valence-corrected chi connectivity index (χ4v) is 4.09. The molecule has 2 aromatic carbocycles. The Morgan fingerprint density at radius 2 is 2.09 bits per heavy atom. The standard InChI is InChI=1S/C24H26FN5O3/c1-33-19-11-5-10-17-21(19)30-22(28-17)18(9-3-2-7-15(26)12-25)29-23(31)16-8-4-6-14-13-27-24(32)20(14)16/h4-6,8,10-11,18,26H,2-3,7,9,12-13H2,1H3,(H,27,32)(H,28,30)(H,29,31)/t18-/m0/s1. The van der Waals surface area contributed by atoms with E-state index in [0.717, 1.165) is 11.1 Å². The van der Waals surface area contributed by atoms with Gasteiger partial charge in [0.25, 0.3) is 11.8 Å². The number of benzene rings is 2. The van der Waals surface area contributed by atoms with Gasteiger partial charge in [-0.3, -0.25) is 9.59 Å². The maximum atomic E-state index is 13.2. The highest BCUT2D eigenvalue weighted by Crippen LogP contribution is 2.28. The molecule has 1 aliphatic heterocycles. The van der Waals surface area contributed by atoms with Crippen LogP contribution in [0.15, 0.2) is 36.4 Å². The van der Waals surface area contributed by atoms with Crippen LogP contribution in [0.25, 0.3) is 11.0 Å². The van der Waals surface area contributed by atoms with Crippen molar-refractivity contribution in [1.29, 1.82) is 5.41 Å². The van der Waals surface area contributed by atoms with Crippen molar-refractivity contribution in [2.24, 2.45) is 0 Å². The smallest absolute Gasteiger partial charge is 0.252 e. The molecule has 0 radical (unpaired) electrons. The first-order valence-corrected chi connectivity index (χ1v) is 10.9. The van der Waals surface area contributed by atoms with Gasteiger partial charge in [-0.1, -0.05) is 24.6 Å². The van der Waals surface area contributed by atoms with Crippen molar-refractivity contribution >= 4 is 28.6 Å². The SMILES string of the molecule is COc1cccc2[nH]c([C@H](CCCCC(=N)CF)NC(=O)c3cccc4c3C(=O)NC4)nc12. The summed E-state index contributed by atoms with van der Waals surface area (Å²) in [7, 11) is 1.57. The predicted octanol–water partition coefficient (Wildman–Crippen LogP) is 3.84. The summed E-state index contributed by atoms with van der Waals surface area (Å²) in [6.45, 7) is -0.340. The zero-order valence-corrected chi connectivity index (χ0v) is 18.3. The largest absolute Gasteiger partial charge is 0.494 e. The molecule has 0 spiro atoms. The number of nitrogens with zero attached hydrogens (tertiary/aromatic N) is 1. The van der Waals surface area contributed by atoms with Crippen LogP contribution in [0, 0.1) is 5.41 Å². The second-order valence-electron chi connectivity index (χ2n) is 8.01. The van der Waals surface area contributed by atoms with E-state index in [1.165, 1.54) is 0 Å². The third-order valence-corrected chi connectivity index (χ3v) is 5.79. The predicted molar refractivity (Wildman–Crippen MR) is 123 cm³/mol. The molecule has 4 N–H and O–H groups in total. The summed E-state index contributed by atoms with van der Waals surface area (Å²) < 4.78 is 18.0. The van der Waals surface area contributed by atoms with Gasteiger partial charge in [0.05, 0.1) is 29.8 Å². The highest BCUT2D eigenvalue weighted by atomic mass is 19.1. The number of aromatic amines is 1. The van der Waals surface area contributed by atoms with E-state index in [0.29, 0.717) is 60.4 Å². The average molecular weight is 452 g/mol. The molecule has 1 aliphatic rings. The van der Waals surface area contributed by atoms with E-state index in [2.05, 4.69) is 20.6 Å². The molecule has 0 aliphatic carbocycles. The first-order valence-electron chi connectivity index (χ1n) is 10.9. The number of alkyl halides is 1. The maximum absolute atomic E-state index is 13.2. The van der Waals surface area contributed by atoms with Gasteiger partial charge < -0.3 is 25.8 Å². The van der Waals surface area contributed by atoms with Crippen molar-refractivity contribution < 1.29 is 18.7 Å². The van der Waals surface area contributed by atoms with Crippen LogP contribution in [0.5, 0.6) is 5.75 Å². The van der Waals surface area contributed by atoms with Crippen molar-refractivity contribution in [3.63, 3.8) is 0 Å². The number of methoxy groups -OCH3 is 1. The Morgan fingerprint density at radius 3 is 2.88 bits per heavy atom. The summed E-state index contributed by atoms with van der Waals surface area (Å²) in [4.78, 5) is 33.4. The van der Waals surface area contributed by atoms with E-state index in [1.807, 2.05) is 24.3 Å². The molecule has 0 saturated carbocycles. The number of carbonyl (C=O) groups excluding carboxylic acids is 2. The molecule has 9 heteroatoms. The third kappa shape index (κ3) is 4.72. The zero-order valence-electron chi connectivity index (χ0n) is 18.3. The lowest BCUT2D eigenvalue weighted by Gasteiger charge is -2.18. The minimum atomic E-state index is -0.745. The number of aromatic nitrogens is 2. The lowest BCUT2D eigenvalue weighted by molar-refractivity contribution is 0.0912. The lowest BCUT2D eigenvalue weighted by Crippen LogP contribution is -2.31. The fraction of sp³-hybridized carbons (Fsp3) is 0.333. The van der Waals surface area contributed by atoms with Gasteiger partial charge in [0.15, 0.2) is 0 Å². The summed E-state index contributed by atoms with van der Waals surface area (Å²) in [5.74, 6) is 0.567. The van der Waals surface area contributed by atoms with Crippen LogP contribution in [-0.4, -0.2) is 41.3 Å². The molecule has 8 nitrogen and oxygen atoms in total. The number of ether oxygens (including phenoxy) is 1. The quantitative estimate of drug-likeness (QED) is 0.277. The number of amides is 2. The number of nitrogens with one attached hydrogen (secondary N) is 4.